The molecule has 0 aliphatic heterocycles. The minimum Gasteiger partial charge on any atom is -0.288 e. The number of aromatic nitrogens is 3. The lowest BCUT2D eigenvalue weighted by Gasteiger charge is -2.16. The van der Waals surface area contributed by atoms with Crippen molar-refractivity contribution >= 4 is 16.7 Å². The third kappa shape index (κ3) is 2.25. The summed E-state index contributed by atoms with van der Waals surface area (Å²) in [5.41, 5.74) is 8.68. The number of nitrogens with zero attached hydrogens (tertiary/aromatic N) is 3. The monoisotopic (exact) mass is 321 g/mol. The van der Waals surface area contributed by atoms with E-state index in [-0.39, 0.29) is 5.78 Å². The lowest BCUT2D eigenvalue weighted by atomic mass is 9.91. The van der Waals surface area contributed by atoms with E-state index in [9.17, 15) is 4.79 Å². The molecule has 0 saturated carbocycles. The zero-order valence-corrected chi connectivity index (χ0v) is 15.4. The van der Waals surface area contributed by atoms with Crippen LogP contribution in [0.15, 0.2) is 12.3 Å². The number of aryl methyl sites for hydroxylation is 5. The summed E-state index contributed by atoms with van der Waals surface area (Å²) < 4.78 is 1.73. The smallest absolute Gasteiger partial charge is 0.196 e. The fourth-order valence-corrected chi connectivity index (χ4v) is 3.32. The quantitative estimate of drug-likeness (QED) is 0.669. The summed E-state index contributed by atoms with van der Waals surface area (Å²) in [6, 6.07) is 2.00. The van der Waals surface area contributed by atoms with Gasteiger partial charge in [0, 0.05) is 29.4 Å². The van der Waals surface area contributed by atoms with Gasteiger partial charge in [-0.2, -0.15) is 5.10 Å². The second kappa shape index (κ2) is 5.55. The lowest BCUT2D eigenvalue weighted by molar-refractivity contribution is 0.103. The van der Waals surface area contributed by atoms with Crippen LogP contribution in [0.25, 0.3) is 10.9 Å². The molecule has 0 N–H and O–H groups in total. The highest BCUT2D eigenvalue weighted by Crippen LogP contribution is 2.31. The molecule has 0 amide bonds. The predicted octanol–water partition coefficient (Wildman–Crippen LogP) is 4.05. The number of carbonyl (C=O) groups excluding carboxylic acids is 1. The molecule has 0 aliphatic rings. The third-order valence-electron chi connectivity index (χ3n) is 5.24. The van der Waals surface area contributed by atoms with Crippen LogP contribution in [-0.2, 0) is 7.05 Å². The summed E-state index contributed by atoms with van der Waals surface area (Å²) in [5.74, 6) is 0.0146. The Balaban J connectivity index is 2.31. The summed E-state index contributed by atoms with van der Waals surface area (Å²) in [7, 11) is 1.85. The number of ketones is 1. The van der Waals surface area contributed by atoms with E-state index in [2.05, 4.69) is 25.9 Å². The minimum atomic E-state index is 0.0146. The Morgan fingerprint density at radius 1 is 0.958 bits per heavy atom. The van der Waals surface area contributed by atoms with Crippen LogP contribution in [0.3, 0.4) is 0 Å². The Morgan fingerprint density at radius 3 is 2.21 bits per heavy atom. The van der Waals surface area contributed by atoms with Gasteiger partial charge in [-0.15, -0.1) is 0 Å². The maximum atomic E-state index is 13.1. The highest BCUT2D eigenvalue weighted by molar-refractivity contribution is 6.13. The zero-order chi connectivity index (χ0) is 17.8. The Bertz CT molecular complexity index is 996. The van der Waals surface area contributed by atoms with Gasteiger partial charge in [0.1, 0.15) is 0 Å². The second-order valence-electron chi connectivity index (χ2n) is 6.63. The molecule has 0 saturated heterocycles. The molecule has 0 bridgehead atoms. The van der Waals surface area contributed by atoms with Crippen LogP contribution in [0.2, 0.25) is 0 Å². The van der Waals surface area contributed by atoms with Crippen molar-refractivity contribution in [2.75, 3.05) is 0 Å². The molecular weight excluding hydrogens is 298 g/mol. The van der Waals surface area contributed by atoms with E-state index in [1.54, 1.807) is 10.9 Å². The SMILES string of the molecule is Cc1nc2c(C)c(C(=O)c3cnn(C)c3C)cc(C)c2c(C)c1C. The number of fused-ring (bicyclic) bond motifs is 1. The molecule has 3 aromatic rings. The number of carbonyl (C=O) groups is 1. The molecule has 0 aliphatic carbocycles. The van der Waals surface area contributed by atoms with E-state index in [4.69, 9.17) is 4.98 Å². The molecular formula is C20H23N3O. The molecule has 2 aromatic heterocycles. The van der Waals surface area contributed by atoms with Gasteiger partial charge in [0.05, 0.1) is 17.3 Å². The Morgan fingerprint density at radius 2 is 1.62 bits per heavy atom. The van der Waals surface area contributed by atoms with Crippen LogP contribution in [-0.4, -0.2) is 20.5 Å². The van der Waals surface area contributed by atoms with Gasteiger partial charge in [-0.3, -0.25) is 14.5 Å². The number of hydrogen-bond acceptors (Lipinski definition) is 3. The molecule has 4 heteroatoms. The number of hydrogen-bond donors (Lipinski definition) is 0. The molecule has 0 spiro atoms. The van der Waals surface area contributed by atoms with E-state index >= 15 is 0 Å². The van der Waals surface area contributed by atoms with Crippen LogP contribution in [0.1, 0.15) is 49.6 Å². The van der Waals surface area contributed by atoms with Crippen molar-refractivity contribution in [1.82, 2.24) is 14.8 Å². The van der Waals surface area contributed by atoms with Gasteiger partial charge < -0.3 is 0 Å². The van der Waals surface area contributed by atoms with Crippen molar-refractivity contribution < 1.29 is 4.79 Å². The molecule has 0 unspecified atom stereocenters. The van der Waals surface area contributed by atoms with Crippen molar-refractivity contribution in [2.45, 2.75) is 41.5 Å². The lowest BCUT2D eigenvalue weighted by Crippen LogP contribution is -2.08. The van der Waals surface area contributed by atoms with E-state index in [0.29, 0.717) is 11.1 Å². The molecule has 124 valence electrons. The number of rotatable bonds is 2. The van der Waals surface area contributed by atoms with Crippen LogP contribution < -0.4 is 0 Å². The molecule has 1 aromatic carbocycles. The highest BCUT2D eigenvalue weighted by Gasteiger charge is 2.21. The van der Waals surface area contributed by atoms with Gasteiger partial charge in [-0.1, -0.05) is 0 Å². The average molecular weight is 321 g/mol. The Hall–Kier alpha value is -2.49. The molecule has 4 nitrogen and oxygen atoms in total. The first-order chi connectivity index (χ1) is 11.2. The summed E-state index contributed by atoms with van der Waals surface area (Å²) in [6.45, 7) is 12.2. The van der Waals surface area contributed by atoms with Gasteiger partial charge in [0.15, 0.2) is 5.78 Å². The van der Waals surface area contributed by atoms with Crippen molar-refractivity contribution in [1.29, 1.82) is 0 Å². The summed E-state index contributed by atoms with van der Waals surface area (Å²) in [6.07, 6.45) is 1.65. The van der Waals surface area contributed by atoms with Crippen LogP contribution in [0.5, 0.6) is 0 Å². The predicted molar refractivity (Wildman–Crippen MR) is 96.8 cm³/mol. The van der Waals surface area contributed by atoms with Crippen LogP contribution >= 0.6 is 0 Å². The summed E-state index contributed by atoms with van der Waals surface area (Å²) >= 11 is 0. The third-order valence-corrected chi connectivity index (χ3v) is 5.24. The van der Waals surface area contributed by atoms with E-state index in [1.807, 2.05) is 33.9 Å². The van der Waals surface area contributed by atoms with Crippen molar-refractivity contribution in [3.63, 3.8) is 0 Å². The minimum absolute atomic E-state index is 0.0146. The standard InChI is InChI=1S/C20H23N3O/c1-10-8-16(20(24)17-9-21-23(7)15(17)6)13(4)19-18(10)12(3)11(2)14(5)22-19/h8-9H,1-7H3. The van der Waals surface area contributed by atoms with E-state index < -0.39 is 0 Å². The first kappa shape index (κ1) is 16.4. The fraction of sp³-hybridized carbons (Fsp3) is 0.350. The first-order valence-electron chi connectivity index (χ1n) is 8.15. The molecule has 0 atom stereocenters. The number of benzene rings is 1. The number of pyridine rings is 1. The largest absolute Gasteiger partial charge is 0.288 e. The van der Waals surface area contributed by atoms with E-state index in [0.717, 1.165) is 33.4 Å². The molecule has 3 rings (SSSR count). The van der Waals surface area contributed by atoms with Gasteiger partial charge in [0.2, 0.25) is 0 Å². The summed E-state index contributed by atoms with van der Waals surface area (Å²) in [5, 5.41) is 5.36. The van der Waals surface area contributed by atoms with Gasteiger partial charge >= 0.3 is 0 Å². The summed E-state index contributed by atoms with van der Waals surface area (Å²) in [4.78, 5) is 17.8. The van der Waals surface area contributed by atoms with Crippen molar-refractivity contribution in [3.05, 3.63) is 57.0 Å². The molecule has 2 heterocycles. The first-order valence-corrected chi connectivity index (χ1v) is 8.15. The second-order valence-corrected chi connectivity index (χ2v) is 6.63. The molecule has 24 heavy (non-hydrogen) atoms. The maximum absolute atomic E-state index is 13.1. The van der Waals surface area contributed by atoms with Gasteiger partial charge in [0.25, 0.3) is 0 Å². The van der Waals surface area contributed by atoms with Crippen LogP contribution in [0.4, 0.5) is 0 Å². The topological polar surface area (TPSA) is 47.8 Å². The Labute approximate surface area is 142 Å². The van der Waals surface area contributed by atoms with Gasteiger partial charge in [-0.25, -0.2) is 0 Å². The molecule has 0 fully saturated rings. The maximum Gasteiger partial charge on any atom is 0.196 e. The van der Waals surface area contributed by atoms with Crippen molar-refractivity contribution in [2.24, 2.45) is 7.05 Å². The molecule has 0 radical (unpaired) electrons. The zero-order valence-electron chi connectivity index (χ0n) is 15.4. The normalized spacial score (nSPS) is 11.3. The van der Waals surface area contributed by atoms with Crippen molar-refractivity contribution in [3.8, 4) is 0 Å². The fourth-order valence-electron chi connectivity index (χ4n) is 3.32. The van der Waals surface area contributed by atoms with Gasteiger partial charge in [-0.05, 0) is 69.9 Å². The highest BCUT2D eigenvalue weighted by atomic mass is 16.1. The Kier molecular flexibility index (Phi) is 3.78. The van der Waals surface area contributed by atoms with E-state index in [1.165, 1.54) is 11.1 Å². The average Bonchev–Trinajstić information content (AvgIpc) is 2.87. The van der Waals surface area contributed by atoms with Crippen LogP contribution in [0, 0.1) is 41.5 Å².